The molecule has 88 valence electrons. The fourth-order valence-electron chi connectivity index (χ4n) is 1.23. The van der Waals surface area contributed by atoms with Crippen LogP contribution in [0.4, 0.5) is 5.69 Å². The first-order valence-electron chi connectivity index (χ1n) is 5.05. The minimum Gasteiger partial charge on any atom is -0.335 e. The molecule has 1 rings (SSSR count). The summed E-state index contributed by atoms with van der Waals surface area (Å²) in [7, 11) is 1.51. The SMILES string of the molecule is Cc1ccc(N(C)C(=O)C(=O)NCC#N)cc1. The maximum Gasteiger partial charge on any atom is 0.316 e. The molecule has 0 aliphatic rings. The Morgan fingerprint density at radius 1 is 1.35 bits per heavy atom. The Morgan fingerprint density at radius 3 is 2.47 bits per heavy atom. The third kappa shape index (κ3) is 3.31. The van der Waals surface area contributed by atoms with Gasteiger partial charge in [-0.2, -0.15) is 5.26 Å². The zero-order chi connectivity index (χ0) is 12.8. The topological polar surface area (TPSA) is 73.2 Å². The largest absolute Gasteiger partial charge is 0.335 e. The smallest absolute Gasteiger partial charge is 0.316 e. The third-order valence-corrected chi connectivity index (χ3v) is 2.25. The van der Waals surface area contributed by atoms with E-state index in [1.165, 1.54) is 11.9 Å². The van der Waals surface area contributed by atoms with Crippen LogP contribution in [0.2, 0.25) is 0 Å². The first-order valence-corrected chi connectivity index (χ1v) is 5.05. The fraction of sp³-hybridized carbons (Fsp3) is 0.250. The molecule has 1 N–H and O–H groups in total. The molecule has 0 aliphatic carbocycles. The molecule has 2 amide bonds. The lowest BCUT2D eigenvalue weighted by atomic mass is 10.2. The summed E-state index contributed by atoms with van der Waals surface area (Å²) in [5.74, 6) is -1.47. The molecule has 0 aliphatic heterocycles. The van der Waals surface area contributed by atoms with Crippen LogP contribution in [0.25, 0.3) is 0 Å². The highest BCUT2D eigenvalue weighted by atomic mass is 16.2. The van der Waals surface area contributed by atoms with Gasteiger partial charge in [0.25, 0.3) is 0 Å². The summed E-state index contributed by atoms with van der Waals surface area (Å²) in [4.78, 5) is 24.2. The van der Waals surface area contributed by atoms with Crippen LogP contribution in [0, 0.1) is 18.3 Å². The van der Waals surface area contributed by atoms with E-state index in [0.717, 1.165) is 5.56 Å². The van der Waals surface area contributed by atoms with Gasteiger partial charge >= 0.3 is 11.8 Å². The number of carbonyl (C=O) groups is 2. The molecule has 17 heavy (non-hydrogen) atoms. The van der Waals surface area contributed by atoms with Crippen LogP contribution in [0.15, 0.2) is 24.3 Å². The van der Waals surface area contributed by atoms with E-state index in [9.17, 15) is 9.59 Å². The van der Waals surface area contributed by atoms with Crippen LogP contribution < -0.4 is 10.2 Å². The van der Waals surface area contributed by atoms with E-state index in [0.29, 0.717) is 5.69 Å². The van der Waals surface area contributed by atoms with E-state index < -0.39 is 11.8 Å². The Bertz CT molecular complexity index is 460. The average molecular weight is 231 g/mol. The molecule has 0 aromatic heterocycles. The minimum atomic E-state index is -0.783. The van der Waals surface area contributed by atoms with Gasteiger partial charge in [-0.05, 0) is 19.1 Å². The molecule has 5 nitrogen and oxygen atoms in total. The highest BCUT2D eigenvalue weighted by Crippen LogP contribution is 2.13. The van der Waals surface area contributed by atoms with E-state index >= 15 is 0 Å². The van der Waals surface area contributed by atoms with Gasteiger partial charge in [0.15, 0.2) is 0 Å². The zero-order valence-electron chi connectivity index (χ0n) is 9.73. The van der Waals surface area contributed by atoms with Crippen LogP contribution in [-0.2, 0) is 9.59 Å². The molecule has 0 saturated carbocycles. The zero-order valence-corrected chi connectivity index (χ0v) is 9.73. The number of nitrogens with zero attached hydrogens (tertiary/aromatic N) is 2. The van der Waals surface area contributed by atoms with Gasteiger partial charge in [0.05, 0.1) is 6.07 Å². The number of nitrogens with one attached hydrogen (secondary N) is 1. The molecule has 0 spiro atoms. The van der Waals surface area contributed by atoms with Gasteiger partial charge in [-0.25, -0.2) is 0 Å². The molecule has 1 aromatic rings. The maximum absolute atomic E-state index is 11.6. The normalized spacial score (nSPS) is 9.24. The predicted octanol–water partition coefficient (Wildman–Crippen LogP) is 0.598. The van der Waals surface area contributed by atoms with Crippen molar-refractivity contribution in [2.45, 2.75) is 6.92 Å². The standard InChI is InChI=1S/C12H13N3O2/c1-9-3-5-10(6-4-9)15(2)12(17)11(16)14-8-7-13/h3-6H,8H2,1-2H3,(H,14,16). The lowest BCUT2D eigenvalue weighted by Crippen LogP contribution is -2.41. The van der Waals surface area contributed by atoms with Gasteiger partial charge in [0.1, 0.15) is 6.54 Å². The van der Waals surface area contributed by atoms with Crippen molar-refractivity contribution in [2.75, 3.05) is 18.5 Å². The first-order chi connectivity index (χ1) is 8.06. The second-order valence-corrected chi connectivity index (χ2v) is 3.54. The summed E-state index contributed by atoms with van der Waals surface area (Å²) in [5, 5.41) is 10.5. The molecule has 0 atom stereocenters. The second kappa shape index (κ2) is 5.66. The number of rotatable bonds is 2. The molecule has 0 saturated heterocycles. The molecule has 5 heteroatoms. The van der Waals surface area contributed by atoms with Crippen molar-refractivity contribution < 1.29 is 9.59 Å². The number of nitriles is 1. The Morgan fingerprint density at radius 2 is 1.94 bits per heavy atom. The van der Waals surface area contributed by atoms with Crippen molar-refractivity contribution in [1.82, 2.24) is 5.32 Å². The average Bonchev–Trinajstić information content (AvgIpc) is 2.35. The van der Waals surface area contributed by atoms with Gasteiger partial charge in [-0.3, -0.25) is 9.59 Å². The van der Waals surface area contributed by atoms with E-state index in [1.54, 1.807) is 18.2 Å². The van der Waals surface area contributed by atoms with Crippen LogP contribution in [0.3, 0.4) is 0 Å². The number of hydrogen-bond acceptors (Lipinski definition) is 3. The predicted molar refractivity (Wildman–Crippen MR) is 63.2 cm³/mol. The Balaban J connectivity index is 2.73. The van der Waals surface area contributed by atoms with Crippen LogP contribution in [0.1, 0.15) is 5.56 Å². The third-order valence-electron chi connectivity index (χ3n) is 2.25. The van der Waals surface area contributed by atoms with Crippen molar-refractivity contribution in [1.29, 1.82) is 5.26 Å². The van der Waals surface area contributed by atoms with E-state index in [-0.39, 0.29) is 6.54 Å². The van der Waals surface area contributed by atoms with Crippen LogP contribution in [0.5, 0.6) is 0 Å². The summed E-state index contributed by atoms with van der Waals surface area (Å²) < 4.78 is 0. The van der Waals surface area contributed by atoms with E-state index in [1.807, 2.05) is 19.1 Å². The van der Waals surface area contributed by atoms with Gasteiger partial charge in [0.2, 0.25) is 0 Å². The number of amides is 2. The second-order valence-electron chi connectivity index (χ2n) is 3.54. The Kier molecular flexibility index (Phi) is 4.23. The highest BCUT2D eigenvalue weighted by molar-refractivity contribution is 6.40. The molecule has 1 aromatic carbocycles. The number of likely N-dealkylation sites (N-methyl/N-ethyl adjacent to an activating group) is 1. The van der Waals surface area contributed by atoms with Gasteiger partial charge in [-0.1, -0.05) is 17.7 Å². The van der Waals surface area contributed by atoms with Crippen LogP contribution in [-0.4, -0.2) is 25.4 Å². The Hall–Kier alpha value is -2.35. The van der Waals surface area contributed by atoms with Crippen LogP contribution >= 0.6 is 0 Å². The number of benzene rings is 1. The Labute approximate surface area is 99.6 Å². The molecular formula is C12H13N3O2. The minimum absolute atomic E-state index is 0.174. The van der Waals surface area contributed by atoms with Gasteiger partial charge < -0.3 is 10.2 Å². The summed E-state index contributed by atoms with van der Waals surface area (Å²) >= 11 is 0. The highest BCUT2D eigenvalue weighted by Gasteiger charge is 2.19. The monoisotopic (exact) mass is 231 g/mol. The summed E-state index contributed by atoms with van der Waals surface area (Å²) in [6, 6.07) is 8.95. The lowest BCUT2D eigenvalue weighted by Gasteiger charge is -2.16. The molecule has 0 heterocycles. The lowest BCUT2D eigenvalue weighted by molar-refractivity contribution is -0.137. The van der Waals surface area contributed by atoms with Gasteiger partial charge in [-0.15, -0.1) is 0 Å². The number of aryl methyl sites for hydroxylation is 1. The van der Waals surface area contributed by atoms with Crippen molar-refractivity contribution in [2.24, 2.45) is 0 Å². The number of anilines is 1. The van der Waals surface area contributed by atoms with Crippen molar-refractivity contribution in [3.63, 3.8) is 0 Å². The maximum atomic E-state index is 11.6. The quantitative estimate of drug-likeness (QED) is 0.598. The van der Waals surface area contributed by atoms with E-state index in [2.05, 4.69) is 5.32 Å². The van der Waals surface area contributed by atoms with Crippen molar-refractivity contribution in [3.8, 4) is 6.07 Å². The number of hydrogen-bond donors (Lipinski definition) is 1. The molecule has 0 unspecified atom stereocenters. The number of carbonyl (C=O) groups excluding carboxylic acids is 2. The molecule has 0 fully saturated rings. The summed E-state index contributed by atoms with van der Waals surface area (Å²) in [5.41, 5.74) is 1.70. The summed E-state index contributed by atoms with van der Waals surface area (Å²) in [6.07, 6.45) is 0. The van der Waals surface area contributed by atoms with Crippen molar-refractivity contribution in [3.05, 3.63) is 29.8 Å². The fourth-order valence-corrected chi connectivity index (χ4v) is 1.23. The van der Waals surface area contributed by atoms with E-state index in [4.69, 9.17) is 5.26 Å². The molecular weight excluding hydrogens is 218 g/mol. The van der Waals surface area contributed by atoms with Gasteiger partial charge in [0, 0.05) is 12.7 Å². The molecule has 0 radical (unpaired) electrons. The molecule has 0 bridgehead atoms. The summed E-state index contributed by atoms with van der Waals surface area (Å²) in [6.45, 7) is 1.76. The van der Waals surface area contributed by atoms with Crippen molar-refractivity contribution >= 4 is 17.5 Å². The first kappa shape index (κ1) is 12.7.